The van der Waals surface area contributed by atoms with Gasteiger partial charge in [-0.25, -0.2) is 18.0 Å². The Morgan fingerprint density at radius 3 is 2.75 bits per heavy atom. The van der Waals surface area contributed by atoms with Gasteiger partial charge in [0.25, 0.3) is 0 Å². The van der Waals surface area contributed by atoms with Crippen molar-refractivity contribution < 1.29 is 18.0 Å². The van der Waals surface area contributed by atoms with Crippen molar-refractivity contribution in [2.24, 2.45) is 5.73 Å². The van der Waals surface area contributed by atoms with Gasteiger partial charge in [0.1, 0.15) is 5.82 Å². The summed E-state index contributed by atoms with van der Waals surface area (Å²) in [7, 11) is 0. The van der Waals surface area contributed by atoms with E-state index in [0.717, 1.165) is 23.9 Å². The number of halogens is 3. The maximum Gasteiger partial charge on any atom is 0.316 e. The summed E-state index contributed by atoms with van der Waals surface area (Å²) < 4.78 is 36.8. The molecule has 0 aliphatic carbocycles. The molecular weight excluding hydrogens is 241 g/mol. The number of nitrogens with one attached hydrogen (secondary N) is 1. The van der Waals surface area contributed by atoms with Crippen molar-refractivity contribution in [3.8, 4) is 0 Å². The van der Waals surface area contributed by atoms with E-state index in [-0.39, 0.29) is 5.69 Å². The second-order valence-electron chi connectivity index (χ2n) is 2.83. The average molecular weight is 250 g/mol. The highest BCUT2D eigenvalue weighted by Gasteiger charge is 2.09. The van der Waals surface area contributed by atoms with Crippen LogP contribution >= 0.6 is 11.8 Å². The highest BCUT2D eigenvalue weighted by atomic mass is 32.2. The van der Waals surface area contributed by atoms with Crippen LogP contribution in [0.4, 0.5) is 23.7 Å². The fourth-order valence-electron chi connectivity index (χ4n) is 1.01. The van der Waals surface area contributed by atoms with Gasteiger partial charge in [-0.2, -0.15) is 0 Å². The molecule has 0 heterocycles. The van der Waals surface area contributed by atoms with Crippen LogP contribution in [-0.2, 0) is 0 Å². The molecule has 3 nitrogen and oxygen atoms in total. The summed E-state index contributed by atoms with van der Waals surface area (Å²) in [4.78, 5) is 10.9. The van der Waals surface area contributed by atoms with Crippen molar-refractivity contribution in [2.75, 3.05) is 11.1 Å². The molecule has 0 aliphatic heterocycles. The first-order valence-corrected chi connectivity index (χ1v) is 5.24. The van der Waals surface area contributed by atoms with E-state index >= 15 is 0 Å². The zero-order valence-electron chi connectivity index (χ0n) is 8.04. The van der Waals surface area contributed by atoms with Gasteiger partial charge < -0.3 is 11.1 Å². The number of anilines is 1. The molecule has 1 aromatic carbocycles. The minimum absolute atomic E-state index is 0.0955. The summed E-state index contributed by atoms with van der Waals surface area (Å²) in [6.07, 6.45) is -2.48. The van der Waals surface area contributed by atoms with E-state index in [0.29, 0.717) is 4.90 Å². The first-order chi connectivity index (χ1) is 7.49. The number of hydrogen-bond acceptors (Lipinski definition) is 2. The largest absolute Gasteiger partial charge is 0.351 e. The quantitative estimate of drug-likeness (QED) is 0.807. The summed E-state index contributed by atoms with van der Waals surface area (Å²) in [5, 5.41) is 2.17. The van der Waals surface area contributed by atoms with Gasteiger partial charge in [0.2, 0.25) is 6.43 Å². The zero-order chi connectivity index (χ0) is 12.1. The van der Waals surface area contributed by atoms with Crippen LogP contribution in [0.5, 0.6) is 0 Å². The third kappa shape index (κ3) is 4.01. The van der Waals surface area contributed by atoms with Crippen LogP contribution in [0.25, 0.3) is 0 Å². The molecule has 1 rings (SSSR count). The lowest BCUT2D eigenvalue weighted by atomic mass is 10.3. The van der Waals surface area contributed by atoms with E-state index in [1.54, 1.807) is 0 Å². The number of urea groups is 1. The van der Waals surface area contributed by atoms with E-state index < -0.39 is 24.0 Å². The van der Waals surface area contributed by atoms with Gasteiger partial charge in [-0.15, -0.1) is 11.8 Å². The Morgan fingerprint density at radius 2 is 2.19 bits per heavy atom. The zero-order valence-corrected chi connectivity index (χ0v) is 8.86. The third-order valence-corrected chi connectivity index (χ3v) is 2.65. The summed E-state index contributed by atoms with van der Waals surface area (Å²) in [5.74, 6) is -1.01. The normalized spacial score (nSPS) is 10.5. The van der Waals surface area contributed by atoms with E-state index in [1.807, 2.05) is 0 Å². The Bertz CT molecular complexity index is 387. The summed E-state index contributed by atoms with van der Waals surface area (Å²) in [5.41, 5.74) is 4.97. The number of amides is 2. The highest BCUT2D eigenvalue weighted by molar-refractivity contribution is 7.99. The van der Waals surface area contributed by atoms with Crippen molar-refractivity contribution in [3.63, 3.8) is 0 Å². The minimum Gasteiger partial charge on any atom is -0.351 e. The average Bonchev–Trinajstić information content (AvgIpc) is 2.15. The Labute approximate surface area is 94.2 Å². The Morgan fingerprint density at radius 1 is 1.50 bits per heavy atom. The van der Waals surface area contributed by atoms with Gasteiger partial charge in [0.05, 0.1) is 11.4 Å². The number of alkyl halides is 2. The van der Waals surface area contributed by atoms with Crippen molar-refractivity contribution in [1.29, 1.82) is 0 Å². The minimum atomic E-state index is -2.48. The predicted octanol–water partition coefficient (Wildman–Crippen LogP) is 2.67. The maximum absolute atomic E-state index is 12.8. The molecule has 0 aliphatic rings. The van der Waals surface area contributed by atoms with Crippen molar-refractivity contribution in [2.45, 2.75) is 11.3 Å². The molecule has 16 heavy (non-hydrogen) atoms. The smallest absolute Gasteiger partial charge is 0.316 e. The maximum atomic E-state index is 12.8. The topological polar surface area (TPSA) is 55.1 Å². The van der Waals surface area contributed by atoms with Crippen molar-refractivity contribution in [1.82, 2.24) is 0 Å². The van der Waals surface area contributed by atoms with Gasteiger partial charge >= 0.3 is 6.03 Å². The number of hydrogen-bond donors (Lipinski definition) is 2. The molecule has 0 bridgehead atoms. The highest BCUT2D eigenvalue weighted by Crippen LogP contribution is 2.29. The van der Waals surface area contributed by atoms with Gasteiger partial charge in [-0.3, -0.25) is 0 Å². The molecule has 3 N–H and O–H groups in total. The van der Waals surface area contributed by atoms with Crippen molar-refractivity contribution >= 4 is 23.5 Å². The Hall–Kier alpha value is -1.37. The SMILES string of the molecule is NC(=O)Nc1cc(F)ccc1SCC(F)F. The van der Waals surface area contributed by atoms with Crippen molar-refractivity contribution in [3.05, 3.63) is 24.0 Å². The molecular formula is C9H9F3N2OS. The fraction of sp³-hybridized carbons (Fsp3) is 0.222. The second kappa shape index (κ2) is 5.64. The van der Waals surface area contributed by atoms with E-state index in [9.17, 15) is 18.0 Å². The number of carbonyl (C=O) groups is 1. The number of thioether (sulfide) groups is 1. The van der Waals surface area contributed by atoms with Crippen LogP contribution in [0.15, 0.2) is 23.1 Å². The summed E-state index contributed by atoms with van der Waals surface area (Å²) >= 11 is 0.819. The van der Waals surface area contributed by atoms with Crippen LogP contribution in [0.1, 0.15) is 0 Å². The number of rotatable bonds is 4. The fourth-order valence-corrected chi connectivity index (χ4v) is 1.75. The van der Waals surface area contributed by atoms with Crippen LogP contribution in [0.3, 0.4) is 0 Å². The molecule has 0 saturated heterocycles. The van der Waals surface area contributed by atoms with Crippen LogP contribution in [-0.4, -0.2) is 18.2 Å². The number of primary amides is 1. The lowest BCUT2D eigenvalue weighted by molar-refractivity contribution is 0.177. The van der Waals surface area contributed by atoms with Gasteiger partial charge in [0.15, 0.2) is 0 Å². The molecule has 1 aromatic rings. The van der Waals surface area contributed by atoms with E-state index in [2.05, 4.69) is 5.32 Å². The first kappa shape index (κ1) is 12.7. The molecule has 0 aromatic heterocycles. The molecule has 88 valence electrons. The second-order valence-corrected chi connectivity index (χ2v) is 3.89. The third-order valence-electron chi connectivity index (χ3n) is 1.56. The number of carbonyl (C=O) groups excluding carboxylic acids is 1. The predicted molar refractivity (Wildman–Crippen MR) is 56.3 cm³/mol. The molecule has 2 amide bonds. The van der Waals surface area contributed by atoms with Gasteiger partial charge in [-0.1, -0.05) is 0 Å². The molecule has 0 unspecified atom stereocenters. The molecule has 0 saturated carbocycles. The number of benzene rings is 1. The molecule has 0 radical (unpaired) electrons. The van der Waals surface area contributed by atoms with E-state index in [1.165, 1.54) is 6.07 Å². The lowest BCUT2D eigenvalue weighted by Gasteiger charge is -2.09. The molecule has 0 fully saturated rings. The van der Waals surface area contributed by atoms with Crippen LogP contribution in [0, 0.1) is 5.82 Å². The number of nitrogens with two attached hydrogens (primary N) is 1. The van der Waals surface area contributed by atoms with E-state index in [4.69, 9.17) is 5.73 Å². The van der Waals surface area contributed by atoms with Crippen LogP contribution < -0.4 is 11.1 Å². The molecule has 0 spiro atoms. The first-order valence-electron chi connectivity index (χ1n) is 4.26. The van der Waals surface area contributed by atoms with Gasteiger partial charge in [-0.05, 0) is 18.2 Å². The Balaban J connectivity index is 2.84. The lowest BCUT2D eigenvalue weighted by Crippen LogP contribution is -2.19. The summed E-state index contributed by atoms with van der Waals surface area (Å²) in [6.45, 7) is 0. The molecule has 0 atom stereocenters. The standard InChI is InChI=1S/C9H9F3N2OS/c10-5-1-2-7(16-4-8(11)12)6(3-5)14-9(13)15/h1-3,8H,4H2,(H3,13,14,15). The summed E-state index contributed by atoms with van der Waals surface area (Å²) in [6, 6.07) is 2.59. The molecule has 7 heteroatoms. The van der Waals surface area contributed by atoms with Gasteiger partial charge in [0, 0.05) is 4.90 Å². The van der Waals surface area contributed by atoms with Crippen LogP contribution in [0.2, 0.25) is 0 Å². The Kier molecular flexibility index (Phi) is 4.48. The monoisotopic (exact) mass is 250 g/mol.